The van der Waals surface area contributed by atoms with E-state index in [1.54, 1.807) is 11.8 Å². The first-order chi connectivity index (χ1) is 5.22. The lowest BCUT2D eigenvalue weighted by molar-refractivity contribution is -0.119. The fourth-order valence-electron chi connectivity index (χ4n) is 0.704. The van der Waals surface area contributed by atoms with Crippen LogP contribution in [-0.2, 0) is 4.79 Å². The van der Waals surface area contributed by atoms with Crippen LogP contribution in [0.15, 0.2) is 0 Å². The largest absolute Gasteiger partial charge is 0.299 e. The zero-order chi connectivity index (χ0) is 8.69. The summed E-state index contributed by atoms with van der Waals surface area (Å²) in [6.07, 6.45) is 0.699. The van der Waals surface area contributed by atoms with E-state index in [0.717, 1.165) is 11.5 Å². The standard InChI is InChI=1S/C8H13NOS/c1-3-11-5-4-8(6-9)7(2)10/h8H,3-5H2,1-2H3. The number of carbonyl (C=O) groups excluding carboxylic acids is 1. The number of nitriles is 1. The van der Waals surface area contributed by atoms with Crippen LogP contribution in [0, 0.1) is 17.2 Å². The molecule has 1 atom stereocenters. The summed E-state index contributed by atoms with van der Waals surface area (Å²) in [4.78, 5) is 10.7. The van der Waals surface area contributed by atoms with E-state index in [2.05, 4.69) is 6.92 Å². The monoisotopic (exact) mass is 171 g/mol. The van der Waals surface area contributed by atoms with E-state index in [-0.39, 0.29) is 11.7 Å². The van der Waals surface area contributed by atoms with Crippen LogP contribution in [0.1, 0.15) is 20.3 Å². The highest BCUT2D eigenvalue weighted by molar-refractivity contribution is 7.99. The first-order valence-electron chi connectivity index (χ1n) is 3.70. The Labute approximate surface area is 72.0 Å². The van der Waals surface area contributed by atoms with Gasteiger partial charge in [0, 0.05) is 0 Å². The first-order valence-corrected chi connectivity index (χ1v) is 4.85. The second kappa shape index (κ2) is 6.23. The molecule has 0 spiro atoms. The van der Waals surface area contributed by atoms with Crippen LogP contribution in [0.2, 0.25) is 0 Å². The summed E-state index contributed by atoms with van der Waals surface area (Å²) in [5, 5.41) is 8.52. The molecular formula is C8H13NOS. The summed E-state index contributed by atoms with van der Waals surface area (Å²) in [5.74, 6) is 1.57. The molecule has 0 aliphatic rings. The van der Waals surface area contributed by atoms with Gasteiger partial charge in [-0.15, -0.1) is 0 Å². The van der Waals surface area contributed by atoms with Gasteiger partial charge >= 0.3 is 0 Å². The quantitative estimate of drug-likeness (QED) is 0.593. The van der Waals surface area contributed by atoms with Crippen LogP contribution >= 0.6 is 11.8 Å². The van der Waals surface area contributed by atoms with E-state index in [1.165, 1.54) is 6.92 Å². The van der Waals surface area contributed by atoms with Crippen molar-refractivity contribution in [1.82, 2.24) is 0 Å². The summed E-state index contributed by atoms with van der Waals surface area (Å²) >= 11 is 1.77. The number of hydrogen-bond donors (Lipinski definition) is 0. The van der Waals surface area contributed by atoms with Gasteiger partial charge in [0.1, 0.15) is 11.7 Å². The molecule has 0 radical (unpaired) electrons. The van der Waals surface area contributed by atoms with Crippen LogP contribution in [0.5, 0.6) is 0 Å². The van der Waals surface area contributed by atoms with Crippen molar-refractivity contribution in [3.05, 3.63) is 0 Å². The Bertz CT molecular complexity index is 162. The maximum Gasteiger partial charge on any atom is 0.146 e. The molecule has 0 saturated carbocycles. The maximum atomic E-state index is 10.7. The lowest BCUT2D eigenvalue weighted by atomic mass is 10.1. The molecule has 0 rings (SSSR count). The smallest absolute Gasteiger partial charge is 0.146 e. The third kappa shape index (κ3) is 4.86. The lowest BCUT2D eigenvalue weighted by Gasteiger charge is -2.02. The summed E-state index contributed by atoms with van der Waals surface area (Å²) < 4.78 is 0. The molecule has 0 aliphatic heterocycles. The Kier molecular flexibility index (Phi) is 5.96. The molecule has 11 heavy (non-hydrogen) atoms. The lowest BCUT2D eigenvalue weighted by Crippen LogP contribution is -2.09. The van der Waals surface area contributed by atoms with E-state index in [9.17, 15) is 4.79 Å². The van der Waals surface area contributed by atoms with Crippen molar-refractivity contribution in [3.8, 4) is 6.07 Å². The predicted octanol–water partition coefficient (Wildman–Crippen LogP) is 1.86. The molecule has 1 unspecified atom stereocenters. The van der Waals surface area contributed by atoms with E-state index in [4.69, 9.17) is 5.26 Å². The predicted molar refractivity (Wildman–Crippen MR) is 47.4 cm³/mol. The Morgan fingerprint density at radius 3 is 2.73 bits per heavy atom. The molecule has 3 heteroatoms. The molecule has 2 nitrogen and oxygen atoms in total. The number of carbonyl (C=O) groups is 1. The van der Waals surface area contributed by atoms with Crippen molar-refractivity contribution in [1.29, 1.82) is 5.26 Å². The SMILES string of the molecule is CCSCCC(C#N)C(C)=O. The molecular weight excluding hydrogens is 158 g/mol. The second-order valence-electron chi connectivity index (χ2n) is 2.28. The summed E-state index contributed by atoms with van der Waals surface area (Å²) in [7, 11) is 0. The summed E-state index contributed by atoms with van der Waals surface area (Å²) in [5.41, 5.74) is 0. The van der Waals surface area contributed by atoms with Crippen molar-refractivity contribution >= 4 is 17.5 Å². The minimum absolute atomic E-state index is 0.01000. The fraction of sp³-hybridized carbons (Fsp3) is 0.750. The van der Waals surface area contributed by atoms with Gasteiger partial charge in [-0.1, -0.05) is 6.92 Å². The van der Waals surface area contributed by atoms with Crippen molar-refractivity contribution in [2.24, 2.45) is 5.92 Å². The molecule has 0 saturated heterocycles. The normalized spacial score (nSPS) is 12.1. The van der Waals surface area contributed by atoms with Crippen LogP contribution in [0.25, 0.3) is 0 Å². The van der Waals surface area contributed by atoms with E-state index >= 15 is 0 Å². The molecule has 0 bridgehead atoms. The van der Waals surface area contributed by atoms with Gasteiger partial charge in [0.2, 0.25) is 0 Å². The first kappa shape index (κ1) is 10.5. The van der Waals surface area contributed by atoms with Gasteiger partial charge in [-0.05, 0) is 24.9 Å². The molecule has 0 heterocycles. The number of Topliss-reactive ketones (excluding diaryl/α,β-unsaturated/α-hetero) is 1. The molecule has 0 aromatic heterocycles. The second-order valence-corrected chi connectivity index (χ2v) is 3.67. The van der Waals surface area contributed by atoms with Gasteiger partial charge in [-0.2, -0.15) is 17.0 Å². The number of nitrogens with zero attached hydrogens (tertiary/aromatic N) is 1. The zero-order valence-electron chi connectivity index (χ0n) is 6.96. The van der Waals surface area contributed by atoms with Crippen LogP contribution in [-0.4, -0.2) is 17.3 Å². The van der Waals surface area contributed by atoms with Gasteiger partial charge < -0.3 is 0 Å². The van der Waals surface area contributed by atoms with Crippen LogP contribution in [0.4, 0.5) is 0 Å². The molecule has 0 aliphatic carbocycles. The highest BCUT2D eigenvalue weighted by atomic mass is 32.2. The van der Waals surface area contributed by atoms with Gasteiger partial charge in [0.05, 0.1) is 6.07 Å². The number of hydrogen-bond acceptors (Lipinski definition) is 3. The summed E-state index contributed by atoms with van der Waals surface area (Å²) in [6, 6.07) is 2.00. The van der Waals surface area contributed by atoms with Crippen molar-refractivity contribution < 1.29 is 4.79 Å². The Morgan fingerprint density at radius 1 is 1.73 bits per heavy atom. The third-order valence-corrected chi connectivity index (χ3v) is 2.33. The number of rotatable bonds is 5. The number of thioether (sulfide) groups is 1. The molecule has 62 valence electrons. The Hall–Kier alpha value is -0.490. The highest BCUT2D eigenvalue weighted by Crippen LogP contribution is 2.09. The van der Waals surface area contributed by atoms with E-state index in [1.807, 2.05) is 6.07 Å². The van der Waals surface area contributed by atoms with Gasteiger partial charge in [0.25, 0.3) is 0 Å². The Morgan fingerprint density at radius 2 is 2.36 bits per heavy atom. The zero-order valence-corrected chi connectivity index (χ0v) is 7.78. The third-order valence-electron chi connectivity index (χ3n) is 1.40. The minimum atomic E-state index is -0.381. The topological polar surface area (TPSA) is 40.9 Å². The van der Waals surface area contributed by atoms with Crippen molar-refractivity contribution in [2.75, 3.05) is 11.5 Å². The highest BCUT2D eigenvalue weighted by Gasteiger charge is 2.11. The van der Waals surface area contributed by atoms with Gasteiger partial charge in [-0.3, -0.25) is 4.79 Å². The van der Waals surface area contributed by atoms with Gasteiger partial charge in [0.15, 0.2) is 0 Å². The molecule has 0 aromatic carbocycles. The minimum Gasteiger partial charge on any atom is -0.299 e. The molecule has 0 N–H and O–H groups in total. The average Bonchev–Trinajstić information content (AvgIpc) is 1.97. The van der Waals surface area contributed by atoms with Gasteiger partial charge in [-0.25, -0.2) is 0 Å². The van der Waals surface area contributed by atoms with Crippen LogP contribution < -0.4 is 0 Å². The van der Waals surface area contributed by atoms with E-state index in [0.29, 0.717) is 6.42 Å². The van der Waals surface area contributed by atoms with Crippen molar-refractivity contribution in [2.45, 2.75) is 20.3 Å². The molecule has 0 aromatic rings. The Balaban J connectivity index is 3.55. The molecule has 0 amide bonds. The molecule has 0 fully saturated rings. The average molecular weight is 171 g/mol. The van der Waals surface area contributed by atoms with Crippen LogP contribution in [0.3, 0.4) is 0 Å². The van der Waals surface area contributed by atoms with Crippen molar-refractivity contribution in [3.63, 3.8) is 0 Å². The summed E-state index contributed by atoms with van der Waals surface area (Å²) in [6.45, 7) is 3.55. The maximum absolute atomic E-state index is 10.7. The number of ketones is 1. The van der Waals surface area contributed by atoms with E-state index < -0.39 is 0 Å². The fourth-order valence-corrected chi connectivity index (χ4v) is 1.40.